The molecular formula is C25H18F3N5O3. The van der Waals surface area contributed by atoms with Crippen LogP contribution in [0.2, 0.25) is 0 Å². The summed E-state index contributed by atoms with van der Waals surface area (Å²) >= 11 is 0. The second-order valence-corrected chi connectivity index (χ2v) is 8.05. The third-order valence-corrected chi connectivity index (χ3v) is 5.38. The van der Waals surface area contributed by atoms with E-state index in [2.05, 4.69) is 15.4 Å². The fourth-order valence-corrected chi connectivity index (χ4v) is 3.67. The first-order valence-corrected chi connectivity index (χ1v) is 10.8. The zero-order valence-corrected chi connectivity index (χ0v) is 18.8. The van der Waals surface area contributed by atoms with Crippen LogP contribution in [-0.4, -0.2) is 25.1 Å². The number of carbonyl (C=O) groups is 1. The van der Waals surface area contributed by atoms with Crippen molar-refractivity contribution in [2.75, 3.05) is 5.32 Å². The summed E-state index contributed by atoms with van der Waals surface area (Å²) in [6, 6.07) is 18.3. The summed E-state index contributed by atoms with van der Waals surface area (Å²) in [5.41, 5.74) is 0.470. The molecule has 3 aromatic carbocycles. The number of nitrogens with zero attached hydrogens (tertiary/aromatic N) is 4. The summed E-state index contributed by atoms with van der Waals surface area (Å²) in [5.74, 6) is -0.181. The van der Waals surface area contributed by atoms with Crippen molar-refractivity contribution in [3.8, 4) is 11.6 Å². The van der Waals surface area contributed by atoms with Gasteiger partial charge in [-0.05, 0) is 49.4 Å². The maximum Gasteiger partial charge on any atom is 0.416 e. The quantitative estimate of drug-likeness (QED) is 0.380. The minimum atomic E-state index is -4.55. The lowest BCUT2D eigenvalue weighted by Crippen LogP contribution is -2.28. The van der Waals surface area contributed by atoms with Crippen LogP contribution in [0.1, 0.15) is 11.1 Å². The minimum absolute atomic E-state index is 0.0536. The number of aryl methyl sites for hydroxylation is 1. The Kier molecular flexibility index (Phi) is 5.67. The number of hydrogen-bond donors (Lipinski definition) is 1. The number of benzene rings is 3. The number of nitrogens with one attached hydrogen (secondary N) is 1. The molecule has 0 saturated heterocycles. The second kappa shape index (κ2) is 8.84. The van der Waals surface area contributed by atoms with Gasteiger partial charge in [0.15, 0.2) is 0 Å². The number of ether oxygens (including phenoxy) is 1. The third kappa shape index (κ3) is 4.50. The molecule has 2 aromatic heterocycles. The van der Waals surface area contributed by atoms with Crippen molar-refractivity contribution in [3.63, 3.8) is 0 Å². The molecule has 182 valence electrons. The van der Waals surface area contributed by atoms with Gasteiger partial charge in [-0.2, -0.15) is 13.2 Å². The molecule has 1 N–H and O–H groups in total. The molecule has 0 unspecified atom stereocenters. The molecule has 0 spiro atoms. The van der Waals surface area contributed by atoms with E-state index in [4.69, 9.17) is 4.74 Å². The van der Waals surface area contributed by atoms with Crippen molar-refractivity contribution in [1.82, 2.24) is 19.2 Å². The number of fused-ring (bicyclic) bond motifs is 3. The molecule has 0 radical (unpaired) electrons. The molecule has 0 aliphatic heterocycles. The zero-order valence-electron chi connectivity index (χ0n) is 18.8. The number of carbonyl (C=O) groups excluding carboxylic acids is 1. The van der Waals surface area contributed by atoms with E-state index in [0.717, 1.165) is 22.4 Å². The van der Waals surface area contributed by atoms with Crippen LogP contribution in [-0.2, 0) is 17.5 Å². The van der Waals surface area contributed by atoms with E-state index in [-0.39, 0.29) is 17.2 Å². The average Bonchev–Trinajstić information content (AvgIpc) is 3.16. The largest absolute Gasteiger partial charge is 0.436 e. The molecule has 36 heavy (non-hydrogen) atoms. The molecule has 8 nitrogen and oxygen atoms in total. The number of para-hydroxylation sites is 2. The highest BCUT2D eigenvalue weighted by molar-refractivity contribution is 5.90. The molecule has 2 heterocycles. The van der Waals surface area contributed by atoms with Gasteiger partial charge in [-0.1, -0.05) is 35.9 Å². The van der Waals surface area contributed by atoms with E-state index in [9.17, 15) is 22.8 Å². The number of hydrogen-bond acceptors (Lipinski definition) is 5. The van der Waals surface area contributed by atoms with Gasteiger partial charge in [0, 0.05) is 5.69 Å². The number of alkyl halides is 3. The van der Waals surface area contributed by atoms with Crippen LogP contribution in [0.4, 0.5) is 18.9 Å². The van der Waals surface area contributed by atoms with Crippen LogP contribution in [0.5, 0.6) is 11.6 Å². The summed E-state index contributed by atoms with van der Waals surface area (Å²) < 4.78 is 47.0. The monoisotopic (exact) mass is 493 g/mol. The molecule has 0 saturated carbocycles. The number of anilines is 1. The first-order chi connectivity index (χ1) is 17.2. The van der Waals surface area contributed by atoms with Gasteiger partial charge in [0.1, 0.15) is 12.3 Å². The highest BCUT2D eigenvalue weighted by atomic mass is 19.4. The SMILES string of the molecule is Cc1ccc(Oc2nc3ccccc3n3c(=O)n(CC(=O)Nc4cccc(C(F)(F)F)c4)nc23)cc1. The molecule has 5 aromatic rings. The van der Waals surface area contributed by atoms with Gasteiger partial charge in [0.05, 0.1) is 16.6 Å². The molecular weight excluding hydrogens is 475 g/mol. The number of halogens is 3. The fraction of sp³-hybridized carbons (Fsp3) is 0.120. The molecule has 0 fully saturated rings. The van der Waals surface area contributed by atoms with E-state index in [1.807, 2.05) is 19.1 Å². The normalized spacial score (nSPS) is 11.7. The van der Waals surface area contributed by atoms with Crippen molar-refractivity contribution in [2.45, 2.75) is 19.6 Å². The Morgan fingerprint density at radius 2 is 1.78 bits per heavy atom. The van der Waals surface area contributed by atoms with Gasteiger partial charge < -0.3 is 10.1 Å². The lowest BCUT2D eigenvalue weighted by atomic mass is 10.2. The van der Waals surface area contributed by atoms with E-state index in [1.54, 1.807) is 36.4 Å². The highest BCUT2D eigenvalue weighted by Crippen LogP contribution is 2.31. The Balaban J connectivity index is 1.51. The predicted molar refractivity (Wildman–Crippen MR) is 126 cm³/mol. The van der Waals surface area contributed by atoms with Crippen LogP contribution in [0, 0.1) is 6.92 Å². The molecule has 0 aliphatic rings. The zero-order chi connectivity index (χ0) is 25.4. The summed E-state index contributed by atoms with van der Waals surface area (Å²) in [7, 11) is 0. The summed E-state index contributed by atoms with van der Waals surface area (Å²) in [6.45, 7) is 1.40. The molecule has 0 aliphatic carbocycles. The molecule has 11 heteroatoms. The Morgan fingerprint density at radius 3 is 2.53 bits per heavy atom. The van der Waals surface area contributed by atoms with Crippen LogP contribution in [0.15, 0.2) is 77.6 Å². The maximum absolute atomic E-state index is 13.2. The molecule has 0 bridgehead atoms. The van der Waals surface area contributed by atoms with Gasteiger partial charge in [-0.3, -0.25) is 4.79 Å². The number of amides is 1. The lowest BCUT2D eigenvalue weighted by Gasteiger charge is -2.09. The first kappa shape index (κ1) is 23.1. The molecule has 1 amide bonds. The fourth-order valence-electron chi connectivity index (χ4n) is 3.67. The predicted octanol–water partition coefficient (Wildman–Crippen LogP) is 4.80. The summed E-state index contributed by atoms with van der Waals surface area (Å²) in [6.07, 6.45) is -4.55. The minimum Gasteiger partial charge on any atom is -0.436 e. The van der Waals surface area contributed by atoms with Gasteiger partial charge in [-0.25, -0.2) is 18.9 Å². The number of rotatable bonds is 5. The first-order valence-electron chi connectivity index (χ1n) is 10.8. The standard InChI is InChI=1S/C25H18F3N5O3/c1-15-9-11-18(12-10-15)36-23-22-31-32(24(35)33(22)20-8-3-2-7-19(20)30-23)14-21(34)29-17-6-4-5-16(13-17)25(26,27)28/h2-13H,14H2,1H3,(H,29,34). The third-order valence-electron chi connectivity index (χ3n) is 5.38. The van der Waals surface area contributed by atoms with E-state index in [1.165, 1.54) is 16.5 Å². The Bertz CT molecular complexity index is 1660. The van der Waals surface area contributed by atoms with Crippen molar-refractivity contribution in [1.29, 1.82) is 0 Å². The second-order valence-electron chi connectivity index (χ2n) is 8.05. The topological polar surface area (TPSA) is 90.5 Å². The highest BCUT2D eigenvalue weighted by Gasteiger charge is 2.30. The molecule has 5 rings (SSSR count). The molecule has 0 atom stereocenters. The van der Waals surface area contributed by atoms with Crippen molar-refractivity contribution in [3.05, 3.63) is 94.4 Å². The van der Waals surface area contributed by atoms with Gasteiger partial charge >= 0.3 is 11.9 Å². The van der Waals surface area contributed by atoms with E-state index in [0.29, 0.717) is 16.8 Å². The van der Waals surface area contributed by atoms with Crippen LogP contribution in [0.3, 0.4) is 0 Å². The van der Waals surface area contributed by atoms with E-state index < -0.39 is 29.9 Å². The van der Waals surface area contributed by atoms with Crippen LogP contribution >= 0.6 is 0 Å². The Labute approximate surface area is 201 Å². The van der Waals surface area contributed by atoms with Gasteiger partial charge in [0.25, 0.3) is 5.88 Å². The summed E-state index contributed by atoms with van der Waals surface area (Å²) in [5, 5.41) is 6.63. The van der Waals surface area contributed by atoms with Crippen molar-refractivity contribution >= 4 is 28.3 Å². The van der Waals surface area contributed by atoms with Crippen LogP contribution in [0.25, 0.3) is 16.7 Å². The van der Waals surface area contributed by atoms with Crippen molar-refractivity contribution in [2.24, 2.45) is 0 Å². The van der Waals surface area contributed by atoms with Crippen LogP contribution < -0.4 is 15.7 Å². The Morgan fingerprint density at radius 1 is 1.03 bits per heavy atom. The van der Waals surface area contributed by atoms with E-state index >= 15 is 0 Å². The van der Waals surface area contributed by atoms with Crippen molar-refractivity contribution < 1.29 is 22.7 Å². The maximum atomic E-state index is 13.2. The van der Waals surface area contributed by atoms with Gasteiger partial charge in [0.2, 0.25) is 11.6 Å². The summed E-state index contributed by atoms with van der Waals surface area (Å²) in [4.78, 5) is 30.3. The number of aromatic nitrogens is 4. The average molecular weight is 493 g/mol. The lowest BCUT2D eigenvalue weighted by molar-refractivity contribution is -0.137. The van der Waals surface area contributed by atoms with Gasteiger partial charge in [-0.15, -0.1) is 5.10 Å². The Hall–Kier alpha value is -4.67. The smallest absolute Gasteiger partial charge is 0.416 e.